The molecule has 4 nitrogen and oxygen atoms in total. The Balaban J connectivity index is 1.69. The van der Waals surface area contributed by atoms with Crippen molar-refractivity contribution in [3.05, 3.63) is 64.5 Å². The Morgan fingerprint density at radius 3 is 2.59 bits per heavy atom. The minimum atomic E-state index is 0.457. The first kappa shape index (κ1) is 14.6. The fourth-order valence-electron chi connectivity index (χ4n) is 2.03. The Bertz CT molecular complexity index is 781. The smallest absolute Gasteiger partial charge is 0.246 e. The SMILES string of the molecule is Cc1ccc(-c2noc(CNc3ccc(C)c(Cl)c3)n2)cc1. The maximum Gasteiger partial charge on any atom is 0.246 e. The molecule has 1 aromatic heterocycles. The van der Waals surface area contributed by atoms with Gasteiger partial charge in [-0.3, -0.25) is 0 Å². The lowest BCUT2D eigenvalue weighted by molar-refractivity contribution is 0.384. The molecule has 0 aliphatic rings. The second-order valence-electron chi connectivity index (χ2n) is 5.20. The fraction of sp³-hybridized carbons (Fsp3) is 0.176. The van der Waals surface area contributed by atoms with Crippen LogP contribution in [-0.4, -0.2) is 10.1 Å². The van der Waals surface area contributed by atoms with Gasteiger partial charge in [0.2, 0.25) is 11.7 Å². The second kappa shape index (κ2) is 6.20. The molecular formula is C17H16ClN3O. The van der Waals surface area contributed by atoms with Gasteiger partial charge in [-0.1, -0.05) is 52.7 Å². The second-order valence-corrected chi connectivity index (χ2v) is 5.60. The summed E-state index contributed by atoms with van der Waals surface area (Å²) in [6.07, 6.45) is 0. The van der Waals surface area contributed by atoms with Crippen LogP contribution in [-0.2, 0) is 6.54 Å². The van der Waals surface area contributed by atoms with Gasteiger partial charge in [0, 0.05) is 16.3 Å². The first-order valence-electron chi connectivity index (χ1n) is 7.01. The maximum absolute atomic E-state index is 6.10. The van der Waals surface area contributed by atoms with Crippen LogP contribution in [0.25, 0.3) is 11.4 Å². The summed E-state index contributed by atoms with van der Waals surface area (Å²) >= 11 is 6.10. The molecule has 5 heteroatoms. The van der Waals surface area contributed by atoms with Crippen molar-refractivity contribution in [3.8, 4) is 11.4 Å². The van der Waals surface area contributed by atoms with Crippen LogP contribution in [0.15, 0.2) is 47.0 Å². The highest BCUT2D eigenvalue weighted by Gasteiger charge is 2.08. The molecule has 0 spiro atoms. The highest BCUT2D eigenvalue weighted by Crippen LogP contribution is 2.21. The number of rotatable bonds is 4. The molecule has 0 bridgehead atoms. The molecular weight excluding hydrogens is 298 g/mol. The van der Waals surface area contributed by atoms with E-state index < -0.39 is 0 Å². The van der Waals surface area contributed by atoms with Crippen LogP contribution < -0.4 is 5.32 Å². The third-order valence-corrected chi connectivity index (χ3v) is 3.80. The van der Waals surface area contributed by atoms with Crippen molar-refractivity contribution in [1.82, 2.24) is 10.1 Å². The number of aromatic nitrogens is 2. The van der Waals surface area contributed by atoms with E-state index in [-0.39, 0.29) is 0 Å². The molecule has 2 aromatic carbocycles. The number of nitrogens with one attached hydrogen (secondary N) is 1. The Hall–Kier alpha value is -2.33. The van der Waals surface area contributed by atoms with E-state index in [9.17, 15) is 0 Å². The summed E-state index contributed by atoms with van der Waals surface area (Å²) in [5.74, 6) is 1.13. The minimum absolute atomic E-state index is 0.457. The molecule has 0 fully saturated rings. The van der Waals surface area contributed by atoms with Gasteiger partial charge in [0.25, 0.3) is 0 Å². The highest BCUT2D eigenvalue weighted by molar-refractivity contribution is 6.31. The van der Waals surface area contributed by atoms with Crippen LogP contribution in [0.4, 0.5) is 5.69 Å². The third kappa shape index (κ3) is 3.28. The van der Waals surface area contributed by atoms with Crippen molar-refractivity contribution in [2.75, 3.05) is 5.32 Å². The van der Waals surface area contributed by atoms with Crippen molar-refractivity contribution in [2.45, 2.75) is 20.4 Å². The van der Waals surface area contributed by atoms with Gasteiger partial charge in [0.15, 0.2) is 0 Å². The highest BCUT2D eigenvalue weighted by atomic mass is 35.5. The lowest BCUT2D eigenvalue weighted by Gasteiger charge is -2.05. The molecule has 0 radical (unpaired) electrons. The molecule has 1 heterocycles. The molecule has 0 aliphatic heterocycles. The molecule has 22 heavy (non-hydrogen) atoms. The molecule has 0 saturated carbocycles. The van der Waals surface area contributed by atoms with Crippen molar-refractivity contribution < 1.29 is 4.52 Å². The Kier molecular flexibility index (Phi) is 4.11. The number of hydrogen-bond acceptors (Lipinski definition) is 4. The first-order valence-corrected chi connectivity index (χ1v) is 7.39. The Morgan fingerprint density at radius 2 is 1.86 bits per heavy atom. The van der Waals surface area contributed by atoms with Crippen LogP contribution in [0, 0.1) is 13.8 Å². The molecule has 0 unspecified atom stereocenters. The van der Waals surface area contributed by atoms with Crippen molar-refractivity contribution in [2.24, 2.45) is 0 Å². The molecule has 0 atom stereocenters. The van der Waals surface area contributed by atoms with Gasteiger partial charge in [-0.05, 0) is 31.5 Å². The van der Waals surface area contributed by atoms with E-state index in [1.54, 1.807) is 0 Å². The fourth-order valence-corrected chi connectivity index (χ4v) is 2.21. The molecule has 112 valence electrons. The predicted octanol–water partition coefficient (Wildman–Crippen LogP) is 4.62. The van der Waals surface area contributed by atoms with Crippen molar-refractivity contribution >= 4 is 17.3 Å². The number of halogens is 1. The van der Waals surface area contributed by atoms with Crippen LogP contribution in [0.1, 0.15) is 17.0 Å². The molecule has 1 N–H and O–H groups in total. The summed E-state index contributed by atoms with van der Waals surface area (Å²) in [5, 5.41) is 7.96. The van der Waals surface area contributed by atoms with Gasteiger partial charge in [-0.2, -0.15) is 4.98 Å². The maximum atomic E-state index is 6.10. The molecule has 0 aliphatic carbocycles. The van der Waals surface area contributed by atoms with Gasteiger partial charge < -0.3 is 9.84 Å². The monoisotopic (exact) mass is 313 g/mol. The standard InChI is InChI=1S/C17H16ClN3O/c1-11-3-6-13(7-4-11)17-20-16(22-21-17)10-19-14-8-5-12(2)15(18)9-14/h3-9,19H,10H2,1-2H3. The van der Waals surface area contributed by atoms with Gasteiger partial charge >= 0.3 is 0 Å². The van der Waals surface area contributed by atoms with Gasteiger partial charge in [-0.15, -0.1) is 0 Å². The van der Waals surface area contributed by atoms with E-state index in [4.69, 9.17) is 16.1 Å². The van der Waals surface area contributed by atoms with E-state index in [0.29, 0.717) is 18.3 Å². The summed E-state index contributed by atoms with van der Waals surface area (Å²) in [6, 6.07) is 13.8. The zero-order valence-electron chi connectivity index (χ0n) is 12.4. The number of nitrogens with zero attached hydrogens (tertiary/aromatic N) is 2. The Morgan fingerprint density at radius 1 is 1.09 bits per heavy atom. The van der Waals surface area contributed by atoms with Crippen LogP contribution in [0.5, 0.6) is 0 Å². The number of aryl methyl sites for hydroxylation is 2. The summed E-state index contributed by atoms with van der Waals surface area (Å²) in [7, 11) is 0. The van der Waals surface area contributed by atoms with E-state index in [0.717, 1.165) is 21.8 Å². The minimum Gasteiger partial charge on any atom is -0.376 e. The Labute approximate surface area is 134 Å². The summed E-state index contributed by atoms with van der Waals surface area (Å²) in [4.78, 5) is 4.39. The lowest BCUT2D eigenvalue weighted by Crippen LogP contribution is -1.99. The van der Waals surface area contributed by atoms with E-state index in [1.165, 1.54) is 5.56 Å². The number of benzene rings is 2. The van der Waals surface area contributed by atoms with Crippen molar-refractivity contribution in [3.63, 3.8) is 0 Å². The van der Waals surface area contributed by atoms with Gasteiger partial charge in [-0.25, -0.2) is 0 Å². The zero-order valence-corrected chi connectivity index (χ0v) is 13.2. The predicted molar refractivity (Wildman–Crippen MR) is 88.0 cm³/mol. The zero-order chi connectivity index (χ0) is 15.5. The number of hydrogen-bond donors (Lipinski definition) is 1. The van der Waals surface area contributed by atoms with Crippen molar-refractivity contribution in [1.29, 1.82) is 0 Å². The number of anilines is 1. The average Bonchev–Trinajstić information content (AvgIpc) is 2.98. The van der Waals surface area contributed by atoms with Gasteiger partial charge in [0.1, 0.15) is 0 Å². The van der Waals surface area contributed by atoms with Crippen LogP contribution in [0.3, 0.4) is 0 Å². The van der Waals surface area contributed by atoms with Crippen LogP contribution >= 0.6 is 11.6 Å². The van der Waals surface area contributed by atoms with E-state index in [1.807, 2.05) is 56.3 Å². The topological polar surface area (TPSA) is 51.0 Å². The van der Waals surface area contributed by atoms with Gasteiger partial charge in [0.05, 0.1) is 6.54 Å². The lowest BCUT2D eigenvalue weighted by atomic mass is 10.1. The van der Waals surface area contributed by atoms with E-state index in [2.05, 4.69) is 15.5 Å². The molecule has 3 aromatic rings. The molecule has 0 saturated heterocycles. The largest absolute Gasteiger partial charge is 0.376 e. The quantitative estimate of drug-likeness (QED) is 0.763. The first-order chi connectivity index (χ1) is 10.6. The summed E-state index contributed by atoms with van der Waals surface area (Å²) < 4.78 is 5.27. The normalized spacial score (nSPS) is 10.7. The summed E-state index contributed by atoms with van der Waals surface area (Å²) in [5.41, 5.74) is 4.11. The van der Waals surface area contributed by atoms with Crippen LogP contribution in [0.2, 0.25) is 5.02 Å². The third-order valence-electron chi connectivity index (χ3n) is 3.39. The molecule has 3 rings (SSSR count). The van der Waals surface area contributed by atoms with E-state index >= 15 is 0 Å². The average molecular weight is 314 g/mol. The molecule has 0 amide bonds. The summed E-state index contributed by atoms with van der Waals surface area (Å²) in [6.45, 7) is 4.47.